The molecule has 0 fully saturated rings. The van der Waals surface area contributed by atoms with Crippen LogP contribution in [0.1, 0.15) is 0 Å². The molecule has 0 radical (unpaired) electrons. The first-order valence-electron chi connectivity index (χ1n) is 14.5. The number of hydrogen-bond acceptors (Lipinski definition) is 2. The van der Waals surface area contributed by atoms with Gasteiger partial charge in [0, 0.05) is 22.2 Å². The lowest BCUT2D eigenvalue weighted by molar-refractivity contribution is 1.11. The van der Waals surface area contributed by atoms with Crippen molar-refractivity contribution in [3.05, 3.63) is 164 Å². The highest BCUT2D eigenvalue weighted by molar-refractivity contribution is 6.15. The molecule has 3 nitrogen and oxygen atoms in total. The molecule has 0 aliphatic rings. The second-order valence-corrected chi connectivity index (χ2v) is 10.6. The largest absolute Gasteiger partial charge is 0.294 e. The van der Waals surface area contributed by atoms with Crippen molar-refractivity contribution in [2.24, 2.45) is 0 Å². The molecule has 0 unspecified atom stereocenters. The Kier molecular flexibility index (Phi) is 6.12. The van der Waals surface area contributed by atoms with Gasteiger partial charge in [-0.1, -0.05) is 140 Å². The second-order valence-electron chi connectivity index (χ2n) is 10.6. The number of aromatic nitrogens is 3. The molecule has 0 spiro atoms. The highest BCUT2D eigenvalue weighted by Gasteiger charge is 2.22. The molecule has 0 atom stereocenters. The van der Waals surface area contributed by atoms with E-state index >= 15 is 0 Å². The van der Waals surface area contributed by atoms with Crippen LogP contribution in [0.4, 0.5) is 0 Å². The summed E-state index contributed by atoms with van der Waals surface area (Å²) in [7, 11) is 0. The van der Waals surface area contributed by atoms with Crippen LogP contribution >= 0.6 is 0 Å². The van der Waals surface area contributed by atoms with Gasteiger partial charge < -0.3 is 0 Å². The molecule has 2 heterocycles. The zero-order valence-electron chi connectivity index (χ0n) is 23.4. The van der Waals surface area contributed by atoms with Crippen LogP contribution in [0.25, 0.3) is 72.5 Å². The highest BCUT2D eigenvalue weighted by atomic mass is 15.1. The van der Waals surface area contributed by atoms with Gasteiger partial charge in [-0.25, -0.2) is 9.97 Å². The number of para-hydroxylation sites is 2. The van der Waals surface area contributed by atoms with E-state index in [0.717, 1.165) is 61.1 Å². The molecule has 0 aliphatic heterocycles. The molecular weight excluding hydrogens is 522 g/mol. The van der Waals surface area contributed by atoms with Crippen LogP contribution in [0.3, 0.4) is 0 Å². The van der Waals surface area contributed by atoms with Crippen LogP contribution in [-0.4, -0.2) is 14.5 Å². The lowest BCUT2D eigenvalue weighted by atomic mass is 9.95. The van der Waals surface area contributed by atoms with Crippen LogP contribution in [0.2, 0.25) is 0 Å². The molecule has 0 N–H and O–H groups in total. The van der Waals surface area contributed by atoms with Gasteiger partial charge in [0.25, 0.3) is 0 Å². The van der Waals surface area contributed by atoms with E-state index in [4.69, 9.17) is 9.97 Å². The molecule has 202 valence electrons. The first-order chi connectivity index (χ1) is 21.3. The molecule has 8 rings (SSSR count). The fraction of sp³-hybridized carbons (Fsp3) is 0. The van der Waals surface area contributed by atoms with E-state index in [0.29, 0.717) is 5.82 Å². The topological polar surface area (TPSA) is 30.7 Å². The summed E-state index contributed by atoms with van der Waals surface area (Å²) < 4.78 is 2.27. The number of benzene rings is 6. The van der Waals surface area contributed by atoms with Gasteiger partial charge in [-0.15, -0.1) is 0 Å². The minimum atomic E-state index is 0.697. The van der Waals surface area contributed by atoms with Crippen LogP contribution in [0.5, 0.6) is 0 Å². The standard InChI is InChI=1S/C40H27N3/c1-4-15-28(16-5-1)30-19-14-20-31(27-30)39-41-38(34-24-11-10-23-33(34)29-17-6-2-7-18-29)37-35-25-12-13-26-36(35)43(40(37)42-39)32-21-8-3-9-22-32/h1-27H. The molecule has 43 heavy (non-hydrogen) atoms. The van der Waals surface area contributed by atoms with E-state index < -0.39 is 0 Å². The fourth-order valence-electron chi connectivity index (χ4n) is 6.04. The first-order valence-corrected chi connectivity index (χ1v) is 14.5. The van der Waals surface area contributed by atoms with Crippen molar-refractivity contribution in [1.29, 1.82) is 0 Å². The van der Waals surface area contributed by atoms with Crippen molar-refractivity contribution in [3.8, 4) is 50.6 Å². The molecule has 3 heteroatoms. The summed E-state index contributed by atoms with van der Waals surface area (Å²) >= 11 is 0. The summed E-state index contributed by atoms with van der Waals surface area (Å²) in [4.78, 5) is 10.7. The van der Waals surface area contributed by atoms with E-state index in [1.165, 1.54) is 5.56 Å². The third kappa shape index (κ3) is 4.39. The molecule has 8 aromatic rings. The summed E-state index contributed by atoms with van der Waals surface area (Å²) in [5, 5.41) is 2.18. The maximum absolute atomic E-state index is 5.40. The van der Waals surface area contributed by atoms with Crippen LogP contribution in [-0.2, 0) is 0 Å². The van der Waals surface area contributed by atoms with Crippen molar-refractivity contribution in [3.63, 3.8) is 0 Å². The third-order valence-electron chi connectivity index (χ3n) is 8.03. The summed E-state index contributed by atoms with van der Waals surface area (Å²) in [5.41, 5.74) is 10.6. The number of hydrogen-bond donors (Lipinski definition) is 0. The van der Waals surface area contributed by atoms with E-state index in [2.05, 4.69) is 162 Å². The fourth-order valence-corrected chi connectivity index (χ4v) is 6.04. The van der Waals surface area contributed by atoms with Gasteiger partial charge in [0.1, 0.15) is 5.65 Å². The molecule has 0 bridgehead atoms. The Morgan fingerprint density at radius 1 is 0.419 bits per heavy atom. The quantitative estimate of drug-likeness (QED) is 0.214. The summed E-state index contributed by atoms with van der Waals surface area (Å²) in [5.74, 6) is 0.697. The van der Waals surface area contributed by atoms with Gasteiger partial charge in [-0.2, -0.15) is 0 Å². The van der Waals surface area contributed by atoms with Crippen LogP contribution in [0, 0.1) is 0 Å². The van der Waals surface area contributed by atoms with Gasteiger partial charge in [-0.3, -0.25) is 4.57 Å². The van der Waals surface area contributed by atoms with E-state index in [-0.39, 0.29) is 0 Å². The maximum Gasteiger partial charge on any atom is 0.162 e. The Morgan fingerprint density at radius 3 is 1.77 bits per heavy atom. The molecule has 0 saturated carbocycles. The van der Waals surface area contributed by atoms with Gasteiger partial charge in [0.2, 0.25) is 0 Å². The van der Waals surface area contributed by atoms with Crippen LogP contribution in [0.15, 0.2) is 164 Å². The Hall–Kier alpha value is -5.80. The zero-order valence-corrected chi connectivity index (χ0v) is 23.4. The summed E-state index contributed by atoms with van der Waals surface area (Å²) in [6, 6.07) is 57.1. The number of fused-ring (bicyclic) bond motifs is 3. The highest BCUT2D eigenvalue weighted by Crippen LogP contribution is 2.41. The molecule has 0 amide bonds. The van der Waals surface area contributed by atoms with Gasteiger partial charge in [0.05, 0.1) is 16.6 Å². The summed E-state index contributed by atoms with van der Waals surface area (Å²) in [6.45, 7) is 0. The molecule has 0 saturated heterocycles. The maximum atomic E-state index is 5.40. The average Bonchev–Trinajstić information content (AvgIpc) is 3.43. The monoisotopic (exact) mass is 549 g/mol. The zero-order chi connectivity index (χ0) is 28.6. The third-order valence-corrected chi connectivity index (χ3v) is 8.03. The van der Waals surface area contributed by atoms with Crippen molar-refractivity contribution in [1.82, 2.24) is 14.5 Å². The minimum absolute atomic E-state index is 0.697. The van der Waals surface area contributed by atoms with Crippen molar-refractivity contribution in [2.45, 2.75) is 0 Å². The molecular formula is C40H27N3. The Bertz CT molecular complexity index is 2220. The van der Waals surface area contributed by atoms with E-state index in [9.17, 15) is 0 Å². The van der Waals surface area contributed by atoms with Crippen molar-refractivity contribution >= 4 is 21.9 Å². The number of nitrogens with zero attached hydrogens (tertiary/aromatic N) is 3. The lowest BCUT2D eigenvalue weighted by Crippen LogP contribution is -2.00. The SMILES string of the molecule is c1ccc(-c2cccc(-c3nc(-c4ccccc4-c4ccccc4)c4c5ccccc5n(-c5ccccc5)c4n3)c2)cc1. The normalized spacial score (nSPS) is 11.3. The van der Waals surface area contributed by atoms with Gasteiger partial charge in [-0.05, 0) is 46.5 Å². The van der Waals surface area contributed by atoms with E-state index in [1.54, 1.807) is 0 Å². The van der Waals surface area contributed by atoms with Gasteiger partial charge in [0.15, 0.2) is 5.82 Å². The van der Waals surface area contributed by atoms with E-state index in [1.807, 2.05) is 6.07 Å². The minimum Gasteiger partial charge on any atom is -0.294 e. The number of rotatable bonds is 5. The lowest BCUT2D eigenvalue weighted by Gasteiger charge is -2.14. The second kappa shape index (κ2) is 10.6. The van der Waals surface area contributed by atoms with Crippen molar-refractivity contribution in [2.75, 3.05) is 0 Å². The average molecular weight is 550 g/mol. The molecule has 6 aromatic carbocycles. The Labute approximate surface area is 250 Å². The predicted octanol–water partition coefficient (Wildman–Crippen LogP) is 10.2. The summed E-state index contributed by atoms with van der Waals surface area (Å²) in [6.07, 6.45) is 0. The first kappa shape index (κ1) is 25.0. The Balaban J connectivity index is 1.48. The Morgan fingerprint density at radius 2 is 1.00 bits per heavy atom. The molecule has 0 aliphatic carbocycles. The smallest absolute Gasteiger partial charge is 0.162 e. The molecule has 2 aromatic heterocycles. The predicted molar refractivity (Wildman–Crippen MR) is 178 cm³/mol. The van der Waals surface area contributed by atoms with Gasteiger partial charge >= 0.3 is 0 Å². The van der Waals surface area contributed by atoms with Crippen molar-refractivity contribution < 1.29 is 0 Å². The van der Waals surface area contributed by atoms with Crippen LogP contribution < -0.4 is 0 Å².